The van der Waals surface area contributed by atoms with Crippen LogP contribution in [0, 0.1) is 24.3 Å². The minimum Gasteiger partial charge on any atom is -0.335 e. The van der Waals surface area contributed by atoms with Crippen LogP contribution in [-0.2, 0) is 0 Å². The van der Waals surface area contributed by atoms with Crippen LogP contribution in [0.2, 0.25) is 5.02 Å². The molecule has 7 nitrogen and oxygen atoms in total. The van der Waals surface area contributed by atoms with Crippen LogP contribution in [0.5, 0.6) is 0 Å². The highest BCUT2D eigenvalue weighted by molar-refractivity contribution is 6.30. The van der Waals surface area contributed by atoms with Crippen molar-refractivity contribution >= 4 is 35.0 Å². The lowest BCUT2D eigenvalue weighted by molar-refractivity contribution is 0.118. The van der Waals surface area contributed by atoms with E-state index in [9.17, 15) is 10.1 Å². The number of hydrogen-bond acceptors (Lipinski definition) is 3. The van der Waals surface area contributed by atoms with E-state index in [1.807, 2.05) is 37.4 Å². The molecule has 0 aromatic heterocycles. The Morgan fingerprint density at radius 1 is 1.16 bits per heavy atom. The van der Waals surface area contributed by atoms with E-state index in [0.29, 0.717) is 36.3 Å². The normalized spacial score (nSPS) is 16.8. The van der Waals surface area contributed by atoms with E-state index in [1.54, 1.807) is 29.2 Å². The summed E-state index contributed by atoms with van der Waals surface area (Å²) in [6, 6.07) is 14.7. The second-order valence-corrected chi connectivity index (χ2v) is 8.33. The minimum atomic E-state index is -0.155. The fourth-order valence-corrected chi connectivity index (χ4v) is 3.65. The predicted octanol–water partition coefficient (Wildman–Crippen LogP) is 4.58. The average Bonchev–Trinajstić information content (AvgIpc) is 2.76. The van der Waals surface area contributed by atoms with Crippen LogP contribution in [-0.4, -0.2) is 47.5 Å². The fraction of sp³-hybridized carbons (Fsp3) is 0.348. The molecule has 31 heavy (non-hydrogen) atoms. The molecular formula is C23H27ClN6O. The Morgan fingerprint density at radius 3 is 2.45 bits per heavy atom. The van der Waals surface area contributed by atoms with Gasteiger partial charge in [0.25, 0.3) is 0 Å². The van der Waals surface area contributed by atoms with Crippen molar-refractivity contribution in [1.29, 1.82) is 5.26 Å². The molecule has 1 aliphatic rings. The number of anilines is 1. The number of halogens is 1. The largest absolute Gasteiger partial charge is 0.335 e. The summed E-state index contributed by atoms with van der Waals surface area (Å²) in [6.07, 6.45) is 2.00. The van der Waals surface area contributed by atoms with Crippen LogP contribution >= 0.6 is 11.6 Å². The molecule has 1 aliphatic heterocycles. The highest BCUT2D eigenvalue weighted by atomic mass is 35.5. The molecular weight excluding hydrogens is 412 g/mol. The zero-order valence-corrected chi connectivity index (χ0v) is 18.7. The zero-order chi connectivity index (χ0) is 22.4. The number of aliphatic imine (C=N–C) groups is 1. The number of nitrogens with one attached hydrogen (secondary N) is 2. The van der Waals surface area contributed by atoms with Crippen molar-refractivity contribution in [3.05, 3.63) is 59.1 Å². The molecule has 162 valence electrons. The average molecular weight is 439 g/mol. The standard InChI is InChI=1S/C23H27ClN6O/c1-16(2)21-14-29(23(31)28-20-10-6-18(24)7-11-20)12-13-30(21)22(26-15-25)27-19-8-4-17(3)5-9-19/h4-11,16,21H,12-14H2,1-3H3,(H,26,27)(H,28,31). The number of aryl methyl sites for hydroxylation is 1. The van der Waals surface area contributed by atoms with Gasteiger partial charge in [0.2, 0.25) is 5.96 Å². The molecule has 0 radical (unpaired) electrons. The van der Waals surface area contributed by atoms with Crippen LogP contribution in [0.3, 0.4) is 0 Å². The van der Waals surface area contributed by atoms with Gasteiger partial charge in [-0.1, -0.05) is 43.1 Å². The van der Waals surface area contributed by atoms with Crippen LogP contribution in [0.4, 0.5) is 16.2 Å². The van der Waals surface area contributed by atoms with Gasteiger partial charge in [-0.2, -0.15) is 5.26 Å². The first-order valence-corrected chi connectivity index (χ1v) is 10.6. The van der Waals surface area contributed by atoms with E-state index in [0.717, 1.165) is 11.3 Å². The van der Waals surface area contributed by atoms with Crippen molar-refractivity contribution in [3.63, 3.8) is 0 Å². The second kappa shape index (κ2) is 10.2. The molecule has 0 aliphatic carbocycles. The van der Waals surface area contributed by atoms with E-state index in [-0.39, 0.29) is 18.0 Å². The molecule has 1 atom stereocenters. The van der Waals surface area contributed by atoms with Gasteiger partial charge >= 0.3 is 6.03 Å². The zero-order valence-electron chi connectivity index (χ0n) is 18.0. The van der Waals surface area contributed by atoms with E-state index in [1.165, 1.54) is 0 Å². The number of guanidine groups is 1. The SMILES string of the molecule is Cc1ccc(N=C(NC#N)N2CCN(C(=O)Nc3ccc(Cl)cc3)CC2C(C)C)cc1. The van der Waals surface area contributed by atoms with Crippen LogP contribution in [0.1, 0.15) is 19.4 Å². The summed E-state index contributed by atoms with van der Waals surface area (Å²) in [4.78, 5) is 21.4. The topological polar surface area (TPSA) is 83.8 Å². The number of hydrogen-bond donors (Lipinski definition) is 2. The van der Waals surface area contributed by atoms with Gasteiger partial charge in [-0.25, -0.2) is 9.79 Å². The predicted molar refractivity (Wildman–Crippen MR) is 124 cm³/mol. The first kappa shape index (κ1) is 22.4. The number of rotatable bonds is 3. The maximum Gasteiger partial charge on any atom is 0.321 e. The van der Waals surface area contributed by atoms with Crippen molar-refractivity contribution in [2.75, 3.05) is 25.0 Å². The molecule has 2 aromatic carbocycles. The summed E-state index contributed by atoms with van der Waals surface area (Å²) in [7, 11) is 0. The lowest BCUT2D eigenvalue weighted by Gasteiger charge is -2.44. The van der Waals surface area contributed by atoms with Gasteiger partial charge in [-0.3, -0.25) is 5.32 Å². The van der Waals surface area contributed by atoms with Crippen LogP contribution in [0.15, 0.2) is 53.5 Å². The Hall–Kier alpha value is -3.24. The molecule has 2 N–H and O–H groups in total. The summed E-state index contributed by atoms with van der Waals surface area (Å²) in [5, 5.41) is 15.6. The number of piperazine rings is 1. The Morgan fingerprint density at radius 2 is 1.84 bits per heavy atom. The number of urea groups is 1. The lowest BCUT2D eigenvalue weighted by atomic mass is 10.00. The summed E-state index contributed by atoms with van der Waals surface area (Å²) >= 11 is 5.92. The van der Waals surface area contributed by atoms with Gasteiger partial charge in [0.05, 0.1) is 11.7 Å². The van der Waals surface area contributed by atoms with E-state index in [2.05, 4.69) is 34.4 Å². The molecule has 2 amide bonds. The third kappa shape index (κ3) is 5.89. The number of amides is 2. The molecule has 1 saturated heterocycles. The number of nitrogens with zero attached hydrogens (tertiary/aromatic N) is 4. The molecule has 8 heteroatoms. The molecule has 1 unspecified atom stereocenters. The first-order chi connectivity index (χ1) is 14.9. The molecule has 0 bridgehead atoms. The van der Waals surface area contributed by atoms with Crippen molar-refractivity contribution in [2.45, 2.75) is 26.8 Å². The first-order valence-electron chi connectivity index (χ1n) is 10.3. The molecule has 1 heterocycles. The Bertz CT molecular complexity index is 965. The van der Waals surface area contributed by atoms with Gasteiger partial charge in [-0.05, 0) is 49.2 Å². The third-order valence-corrected chi connectivity index (χ3v) is 5.53. The van der Waals surface area contributed by atoms with Crippen LogP contribution < -0.4 is 10.6 Å². The van der Waals surface area contributed by atoms with E-state index < -0.39 is 0 Å². The Balaban J connectivity index is 1.76. The van der Waals surface area contributed by atoms with Gasteiger partial charge < -0.3 is 15.1 Å². The minimum absolute atomic E-state index is 0.00904. The van der Waals surface area contributed by atoms with Crippen molar-refractivity contribution < 1.29 is 4.79 Å². The fourth-order valence-electron chi connectivity index (χ4n) is 3.52. The quantitative estimate of drug-likeness (QED) is 0.318. The smallest absolute Gasteiger partial charge is 0.321 e. The number of benzene rings is 2. The lowest BCUT2D eigenvalue weighted by Crippen LogP contribution is -2.60. The molecule has 0 spiro atoms. The van der Waals surface area contributed by atoms with Crippen molar-refractivity contribution in [1.82, 2.24) is 15.1 Å². The summed E-state index contributed by atoms with van der Waals surface area (Å²) in [5.41, 5.74) is 2.62. The van der Waals surface area contributed by atoms with Crippen molar-refractivity contribution in [2.24, 2.45) is 10.9 Å². The summed E-state index contributed by atoms with van der Waals surface area (Å²) in [6.45, 7) is 7.84. The number of carbonyl (C=O) groups is 1. The number of carbonyl (C=O) groups excluding carboxylic acids is 1. The Labute approximate surface area is 188 Å². The van der Waals surface area contributed by atoms with Crippen molar-refractivity contribution in [3.8, 4) is 6.19 Å². The molecule has 2 aromatic rings. The summed E-state index contributed by atoms with van der Waals surface area (Å²) in [5.74, 6) is 0.748. The van der Waals surface area contributed by atoms with Gasteiger partial charge in [0.1, 0.15) is 0 Å². The van der Waals surface area contributed by atoms with Crippen LogP contribution in [0.25, 0.3) is 0 Å². The monoisotopic (exact) mass is 438 g/mol. The highest BCUT2D eigenvalue weighted by Crippen LogP contribution is 2.21. The van der Waals surface area contributed by atoms with E-state index in [4.69, 9.17) is 11.6 Å². The van der Waals surface area contributed by atoms with Gasteiger partial charge in [-0.15, -0.1) is 0 Å². The third-order valence-electron chi connectivity index (χ3n) is 5.28. The molecule has 3 rings (SSSR count). The maximum absolute atomic E-state index is 12.8. The summed E-state index contributed by atoms with van der Waals surface area (Å²) < 4.78 is 0. The maximum atomic E-state index is 12.8. The van der Waals surface area contributed by atoms with E-state index >= 15 is 0 Å². The van der Waals surface area contributed by atoms with Gasteiger partial charge in [0.15, 0.2) is 6.19 Å². The second-order valence-electron chi connectivity index (χ2n) is 7.90. The Kier molecular flexibility index (Phi) is 7.37. The highest BCUT2D eigenvalue weighted by Gasteiger charge is 2.33. The molecule has 1 fully saturated rings. The number of nitriles is 1. The molecule has 0 saturated carbocycles. The van der Waals surface area contributed by atoms with Gasteiger partial charge in [0, 0.05) is 30.3 Å².